The molecule has 2 aromatic rings. The molecule has 7 nitrogen and oxygen atoms in total. The summed E-state index contributed by atoms with van der Waals surface area (Å²) in [6.45, 7) is 0. The number of fused-ring (bicyclic) bond motifs is 1. The first-order valence-corrected chi connectivity index (χ1v) is 9.71. The minimum atomic E-state index is -6.05. The van der Waals surface area contributed by atoms with E-state index in [1.807, 2.05) is 0 Å². The highest BCUT2D eigenvalue weighted by Crippen LogP contribution is 2.31. The Morgan fingerprint density at radius 3 is 2.03 bits per heavy atom. The standard InChI is InChI=1S/C16H12F6N2O5S/c17-15(18,19)28-10-7-5-9(6-8-10)24-14(25)12-4-2-1-3-11(12)13(23-24)29-30(26,27)16(20,21)22/h5-8H,1-4H2. The van der Waals surface area contributed by atoms with Crippen LogP contribution in [0.3, 0.4) is 0 Å². The number of nitrogens with zero attached hydrogens (tertiary/aromatic N) is 2. The Hall–Kier alpha value is -2.77. The molecule has 0 radical (unpaired) electrons. The van der Waals surface area contributed by atoms with Gasteiger partial charge in [0, 0.05) is 11.1 Å². The third-order valence-electron chi connectivity index (χ3n) is 4.15. The maximum atomic E-state index is 12.7. The quantitative estimate of drug-likeness (QED) is 0.397. The van der Waals surface area contributed by atoms with Crippen LogP contribution in [0.4, 0.5) is 26.3 Å². The van der Waals surface area contributed by atoms with Crippen LogP contribution in [-0.2, 0) is 23.0 Å². The van der Waals surface area contributed by atoms with Crippen LogP contribution in [-0.4, -0.2) is 30.1 Å². The maximum absolute atomic E-state index is 12.7. The summed E-state index contributed by atoms with van der Waals surface area (Å²) < 4.78 is 106. The molecule has 0 saturated heterocycles. The molecule has 0 fully saturated rings. The van der Waals surface area contributed by atoms with Crippen molar-refractivity contribution in [3.05, 3.63) is 45.7 Å². The van der Waals surface area contributed by atoms with E-state index in [4.69, 9.17) is 0 Å². The molecule has 0 aliphatic heterocycles. The van der Waals surface area contributed by atoms with Crippen molar-refractivity contribution in [1.29, 1.82) is 0 Å². The lowest BCUT2D eigenvalue weighted by Crippen LogP contribution is -2.33. The van der Waals surface area contributed by atoms with Crippen LogP contribution < -0.4 is 14.5 Å². The number of halogens is 6. The fourth-order valence-corrected chi connectivity index (χ4v) is 3.32. The van der Waals surface area contributed by atoms with E-state index >= 15 is 0 Å². The zero-order valence-corrected chi connectivity index (χ0v) is 15.6. The molecule has 0 amide bonds. The second-order valence-corrected chi connectivity index (χ2v) is 7.75. The molecule has 0 unspecified atom stereocenters. The van der Waals surface area contributed by atoms with Gasteiger partial charge in [0.2, 0.25) is 0 Å². The van der Waals surface area contributed by atoms with E-state index < -0.39 is 39.2 Å². The normalized spacial score (nSPS) is 14.9. The minimum absolute atomic E-state index is 0.0271. The smallest absolute Gasteiger partial charge is 0.406 e. The molecule has 1 aliphatic rings. The molecular formula is C16H12F6N2O5S. The molecule has 1 aliphatic carbocycles. The second-order valence-electron chi connectivity index (χ2n) is 6.21. The number of ether oxygens (including phenoxy) is 1. The van der Waals surface area contributed by atoms with Crippen LogP contribution in [0.5, 0.6) is 11.6 Å². The Morgan fingerprint density at radius 1 is 0.933 bits per heavy atom. The van der Waals surface area contributed by atoms with Crippen molar-refractivity contribution in [3.8, 4) is 17.3 Å². The summed E-state index contributed by atoms with van der Waals surface area (Å²) >= 11 is 0. The van der Waals surface area contributed by atoms with E-state index in [-0.39, 0.29) is 29.7 Å². The first-order chi connectivity index (χ1) is 13.8. The maximum Gasteiger partial charge on any atom is 0.573 e. The highest BCUT2D eigenvalue weighted by atomic mass is 32.2. The predicted octanol–water partition coefficient (Wildman–Crippen LogP) is 3.24. The second kappa shape index (κ2) is 7.49. The minimum Gasteiger partial charge on any atom is -0.406 e. The third kappa shape index (κ3) is 4.52. The van der Waals surface area contributed by atoms with Crippen molar-refractivity contribution in [2.75, 3.05) is 0 Å². The van der Waals surface area contributed by atoms with Gasteiger partial charge in [-0.3, -0.25) is 4.79 Å². The summed E-state index contributed by atoms with van der Waals surface area (Å²) in [7, 11) is -6.05. The fourth-order valence-electron chi connectivity index (χ4n) is 2.88. The van der Waals surface area contributed by atoms with E-state index in [1.165, 1.54) is 0 Å². The van der Waals surface area contributed by atoms with Gasteiger partial charge in [-0.25, -0.2) is 0 Å². The Bertz CT molecular complexity index is 1110. The Kier molecular flexibility index (Phi) is 5.47. The zero-order chi connectivity index (χ0) is 22.3. The molecule has 0 N–H and O–H groups in total. The molecule has 0 bridgehead atoms. The summed E-state index contributed by atoms with van der Waals surface area (Å²) in [6, 6.07) is 3.74. The van der Waals surface area contributed by atoms with E-state index in [0.29, 0.717) is 17.5 Å². The topological polar surface area (TPSA) is 87.5 Å². The number of benzene rings is 1. The average Bonchev–Trinajstić information content (AvgIpc) is 2.62. The van der Waals surface area contributed by atoms with Crippen molar-refractivity contribution in [3.63, 3.8) is 0 Å². The van der Waals surface area contributed by atoms with E-state index in [2.05, 4.69) is 14.0 Å². The summed E-state index contributed by atoms with van der Waals surface area (Å²) in [5.74, 6) is -1.51. The summed E-state index contributed by atoms with van der Waals surface area (Å²) in [6.07, 6.45) is -3.72. The molecule has 164 valence electrons. The van der Waals surface area contributed by atoms with Gasteiger partial charge in [-0.15, -0.1) is 18.3 Å². The van der Waals surface area contributed by atoms with Crippen LogP contribution >= 0.6 is 0 Å². The van der Waals surface area contributed by atoms with Gasteiger partial charge in [-0.1, -0.05) is 0 Å². The van der Waals surface area contributed by atoms with Gasteiger partial charge in [0.05, 0.1) is 5.69 Å². The van der Waals surface area contributed by atoms with E-state index in [0.717, 1.165) is 24.3 Å². The molecule has 1 heterocycles. The molecule has 1 aromatic heterocycles. The van der Waals surface area contributed by atoms with Crippen molar-refractivity contribution < 1.29 is 43.7 Å². The highest BCUT2D eigenvalue weighted by Gasteiger charge is 2.49. The molecule has 1 aromatic carbocycles. The lowest BCUT2D eigenvalue weighted by molar-refractivity contribution is -0.274. The van der Waals surface area contributed by atoms with E-state index in [1.54, 1.807) is 0 Å². The fraction of sp³-hybridized carbons (Fsp3) is 0.375. The van der Waals surface area contributed by atoms with Crippen molar-refractivity contribution in [1.82, 2.24) is 9.78 Å². The van der Waals surface area contributed by atoms with Gasteiger partial charge < -0.3 is 8.92 Å². The van der Waals surface area contributed by atoms with Gasteiger partial charge in [-0.2, -0.15) is 26.3 Å². The number of hydrogen-bond donors (Lipinski definition) is 0. The molecule has 0 atom stereocenters. The van der Waals surface area contributed by atoms with Crippen LogP contribution in [0, 0.1) is 0 Å². The van der Waals surface area contributed by atoms with Crippen molar-refractivity contribution in [2.45, 2.75) is 37.6 Å². The molecule has 3 rings (SSSR count). The van der Waals surface area contributed by atoms with Crippen molar-refractivity contribution >= 4 is 10.1 Å². The van der Waals surface area contributed by atoms with Crippen LogP contribution in [0.2, 0.25) is 0 Å². The van der Waals surface area contributed by atoms with E-state index in [9.17, 15) is 39.6 Å². The lowest BCUT2D eigenvalue weighted by atomic mass is 9.94. The average molecular weight is 458 g/mol. The lowest BCUT2D eigenvalue weighted by Gasteiger charge is -2.20. The Labute approximate surface area is 165 Å². The van der Waals surface area contributed by atoms with Gasteiger partial charge >= 0.3 is 22.0 Å². The first kappa shape index (κ1) is 21.9. The number of aromatic nitrogens is 2. The first-order valence-electron chi connectivity index (χ1n) is 8.30. The molecule has 0 saturated carbocycles. The molecule has 14 heteroatoms. The molecule has 30 heavy (non-hydrogen) atoms. The Balaban J connectivity index is 2.09. The van der Waals surface area contributed by atoms with Crippen LogP contribution in [0.25, 0.3) is 5.69 Å². The van der Waals surface area contributed by atoms with Crippen molar-refractivity contribution in [2.24, 2.45) is 0 Å². The molecule has 0 spiro atoms. The monoisotopic (exact) mass is 458 g/mol. The molecular weight excluding hydrogens is 446 g/mol. The predicted molar refractivity (Wildman–Crippen MR) is 88.8 cm³/mol. The van der Waals surface area contributed by atoms with Gasteiger partial charge in [0.25, 0.3) is 11.4 Å². The summed E-state index contributed by atoms with van der Waals surface area (Å²) in [5, 5.41) is 3.60. The summed E-state index contributed by atoms with van der Waals surface area (Å²) in [4.78, 5) is 12.7. The highest BCUT2D eigenvalue weighted by molar-refractivity contribution is 7.87. The van der Waals surface area contributed by atoms with Crippen LogP contribution in [0.1, 0.15) is 24.0 Å². The number of hydrogen-bond acceptors (Lipinski definition) is 6. The SMILES string of the molecule is O=c1c2c(c(OS(=O)(=O)C(F)(F)F)nn1-c1ccc(OC(F)(F)F)cc1)CCCC2. The van der Waals surface area contributed by atoms with Crippen LogP contribution in [0.15, 0.2) is 29.1 Å². The van der Waals surface area contributed by atoms with Gasteiger partial charge in [-0.05, 0) is 49.9 Å². The zero-order valence-electron chi connectivity index (χ0n) is 14.7. The third-order valence-corrected chi connectivity index (χ3v) is 5.10. The largest absolute Gasteiger partial charge is 0.573 e. The van der Waals surface area contributed by atoms with Gasteiger partial charge in [0.15, 0.2) is 0 Å². The van der Waals surface area contributed by atoms with Gasteiger partial charge in [0.1, 0.15) is 5.75 Å². The number of alkyl halides is 6. The Morgan fingerprint density at radius 2 is 1.50 bits per heavy atom. The summed E-state index contributed by atoms with van der Waals surface area (Å²) in [5.41, 5.74) is -6.61. The number of rotatable bonds is 4.